The van der Waals surface area contributed by atoms with Crippen LogP contribution in [0.4, 0.5) is 0 Å². The number of sulfonamides is 1. The molecule has 0 spiro atoms. The van der Waals surface area contributed by atoms with Gasteiger partial charge in [0.15, 0.2) is 0 Å². The summed E-state index contributed by atoms with van der Waals surface area (Å²) >= 11 is 0. The number of carbonyl (C=O) groups excluding carboxylic acids is 1. The molecule has 0 bridgehead atoms. The summed E-state index contributed by atoms with van der Waals surface area (Å²) in [4.78, 5) is 13.0. The van der Waals surface area contributed by atoms with Crippen molar-refractivity contribution >= 4 is 15.9 Å². The van der Waals surface area contributed by atoms with Crippen LogP contribution in [0.2, 0.25) is 0 Å². The normalized spacial score (nSPS) is 20.6. The van der Waals surface area contributed by atoms with Gasteiger partial charge in [-0.05, 0) is 50.3 Å². The third kappa shape index (κ3) is 4.17. The van der Waals surface area contributed by atoms with E-state index in [0.29, 0.717) is 31.5 Å². The van der Waals surface area contributed by atoms with Gasteiger partial charge in [0.25, 0.3) is 5.91 Å². The second kappa shape index (κ2) is 7.99. The van der Waals surface area contributed by atoms with Crippen LogP contribution >= 0.6 is 0 Å². The monoisotopic (exact) mass is 389 g/mol. The van der Waals surface area contributed by atoms with Gasteiger partial charge in [0.1, 0.15) is 5.54 Å². The van der Waals surface area contributed by atoms with Crippen molar-refractivity contribution in [1.29, 1.82) is 5.26 Å². The number of benzene rings is 1. The summed E-state index contributed by atoms with van der Waals surface area (Å²) in [6.45, 7) is 2.79. The number of piperidine rings is 1. The van der Waals surface area contributed by atoms with Gasteiger partial charge in [-0.3, -0.25) is 4.79 Å². The number of nitrogens with one attached hydrogen (secondary N) is 1. The van der Waals surface area contributed by atoms with Crippen molar-refractivity contribution in [2.45, 2.75) is 68.7 Å². The summed E-state index contributed by atoms with van der Waals surface area (Å²) in [5.41, 5.74) is 0.0766. The molecule has 1 aliphatic carbocycles. The van der Waals surface area contributed by atoms with Crippen LogP contribution < -0.4 is 5.32 Å². The highest BCUT2D eigenvalue weighted by atomic mass is 32.2. The smallest absolute Gasteiger partial charge is 0.252 e. The summed E-state index contributed by atoms with van der Waals surface area (Å²) in [5, 5.41) is 12.4. The van der Waals surface area contributed by atoms with Crippen LogP contribution in [0, 0.1) is 18.3 Å². The van der Waals surface area contributed by atoms with E-state index >= 15 is 0 Å². The highest BCUT2D eigenvalue weighted by molar-refractivity contribution is 7.89. The molecule has 27 heavy (non-hydrogen) atoms. The molecule has 1 aromatic carbocycles. The number of amides is 1. The lowest BCUT2D eigenvalue weighted by molar-refractivity contribution is 0.0902. The van der Waals surface area contributed by atoms with E-state index in [1.165, 1.54) is 10.4 Å². The molecule has 1 saturated heterocycles. The first kappa shape index (κ1) is 19.8. The molecule has 3 rings (SSSR count). The predicted molar refractivity (Wildman–Crippen MR) is 103 cm³/mol. The zero-order valence-electron chi connectivity index (χ0n) is 15.8. The summed E-state index contributed by atoms with van der Waals surface area (Å²) < 4.78 is 27.6. The predicted octanol–water partition coefficient (Wildman–Crippen LogP) is 3.13. The molecule has 2 aliphatic rings. The standard InChI is InChI=1S/C20H27N3O3S/c1-16-8-9-17(19(24)22-20(15-21)10-4-2-5-11-20)14-18(16)27(25,26)23-12-6-3-7-13-23/h8-9,14H,2-7,10-13H2,1H3,(H,22,24). The van der Waals surface area contributed by atoms with Crippen molar-refractivity contribution in [1.82, 2.24) is 9.62 Å². The molecule has 0 radical (unpaired) electrons. The number of rotatable bonds is 4. The minimum Gasteiger partial charge on any atom is -0.334 e. The molecule has 1 N–H and O–H groups in total. The fourth-order valence-corrected chi connectivity index (χ4v) is 5.74. The van der Waals surface area contributed by atoms with Crippen molar-refractivity contribution in [2.75, 3.05) is 13.1 Å². The average molecular weight is 390 g/mol. The Hall–Kier alpha value is -1.91. The van der Waals surface area contributed by atoms with E-state index in [4.69, 9.17) is 0 Å². The maximum Gasteiger partial charge on any atom is 0.252 e. The number of hydrogen-bond donors (Lipinski definition) is 1. The molecule has 146 valence electrons. The molecule has 1 aliphatic heterocycles. The first-order valence-corrected chi connectivity index (χ1v) is 11.2. The first-order chi connectivity index (χ1) is 12.9. The summed E-state index contributed by atoms with van der Waals surface area (Å²) in [6.07, 6.45) is 6.95. The van der Waals surface area contributed by atoms with Crippen molar-refractivity contribution in [2.24, 2.45) is 0 Å². The van der Waals surface area contributed by atoms with Crippen LogP contribution in [0.15, 0.2) is 23.1 Å². The van der Waals surface area contributed by atoms with Gasteiger partial charge in [-0.15, -0.1) is 0 Å². The van der Waals surface area contributed by atoms with E-state index in [1.54, 1.807) is 19.1 Å². The van der Waals surface area contributed by atoms with E-state index in [2.05, 4.69) is 11.4 Å². The van der Waals surface area contributed by atoms with Gasteiger partial charge >= 0.3 is 0 Å². The van der Waals surface area contributed by atoms with Gasteiger partial charge < -0.3 is 5.32 Å². The molecule has 0 aromatic heterocycles. The zero-order chi connectivity index (χ0) is 19.5. The van der Waals surface area contributed by atoms with Gasteiger partial charge in [0, 0.05) is 18.7 Å². The lowest BCUT2D eigenvalue weighted by Gasteiger charge is -2.31. The number of carbonyl (C=O) groups is 1. The van der Waals surface area contributed by atoms with E-state index in [9.17, 15) is 18.5 Å². The van der Waals surface area contributed by atoms with Crippen LogP contribution in [-0.4, -0.2) is 37.3 Å². The van der Waals surface area contributed by atoms with Crippen molar-refractivity contribution in [3.63, 3.8) is 0 Å². The molecular formula is C20H27N3O3S. The molecule has 7 heteroatoms. The summed E-state index contributed by atoms with van der Waals surface area (Å²) in [7, 11) is -3.61. The fraction of sp³-hybridized carbons (Fsp3) is 0.600. The van der Waals surface area contributed by atoms with E-state index in [-0.39, 0.29) is 16.4 Å². The highest BCUT2D eigenvalue weighted by Gasteiger charge is 2.34. The molecule has 1 saturated carbocycles. The number of hydrogen-bond acceptors (Lipinski definition) is 4. The van der Waals surface area contributed by atoms with Crippen LogP contribution in [0.3, 0.4) is 0 Å². The highest BCUT2D eigenvalue weighted by Crippen LogP contribution is 2.29. The Morgan fingerprint density at radius 3 is 2.37 bits per heavy atom. The average Bonchev–Trinajstić information content (AvgIpc) is 2.69. The third-order valence-corrected chi connectivity index (χ3v) is 7.70. The first-order valence-electron chi connectivity index (χ1n) is 9.73. The molecule has 1 aromatic rings. The molecule has 2 fully saturated rings. The Morgan fingerprint density at radius 2 is 1.74 bits per heavy atom. The molecule has 1 heterocycles. The van der Waals surface area contributed by atoms with Crippen LogP contribution in [0.25, 0.3) is 0 Å². The van der Waals surface area contributed by atoms with Crippen LogP contribution in [0.1, 0.15) is 67.3 Å². The maximum absolute atomic E-state index is 13.0. The summed E-state index contributed by atoms with van der Waals surface area (Å²) in [6, 6.07) is 7.03. The number of nitrogens with zero attached hydrogens (tertiary/aromatic N) is 2. The van der Waals surface area contributed by atoms with Gasteiger partial charge in [0.05, 0.1) is 11.0 Å². The SMILES string of the molecule is Cc1ccc(C(=O)NC2(C#N)CCCCC2)cc1S(=O)(=O)N1CCCCC1. The quantitative estimate of drug-likeness (QED) is 0.856. The second-order valence-corrected chi connectivity index (χ2v) is 9.56. The van der Waals surface area contributed by atoms with E-state index in [1.807, 2.05) is 0 Å². The van der Waals surface area contributed by atoms with Crippen LogP contribution in [-0.2, 0) is 10.0 Å². The zero-order valence-corrected chi connectivity index (χ0v) is 16.6. The van der Waals surface area contributed by atoms with Crippen LogP contribution in [0.5, 0.6) is 0 Å². The minimum atomic E-state index is -3.61. The van der Waals surface area contributed by atoms with Crippen molar-refractivity contribution < 1.29 is 13.2 Å². The Labute approximate surface area is 161 Å². The molecular weight excluding hydrogens is 362 g/mol. The molecule has 0 unspecified atom stereocenters. The van der Waals surface area contributed by atoms with E-state index in [0.717, 1.165) is 38.5 Å². The second-order valence-electron chi connectivity index (χ2n) is 7.65. The Balaban J connectivity index is 1.86. The number of nitriles is 1. The van der Waals surface area contributed by atoms with E-state index < -0.39 is 15.6 Å². The number of aryl methyl sites for hydroxylation is 1. The van der Waals surface area contributed by atoms with Gasteiger partial charge in [-0.1, -0.05) is 31.7 Å². The maximum atomic E-state index is 13.0. The fourth-order valence-electron chi connectivity index (χ4n) is 3.97. The lowest BCUT2D eigenvalue weighted by atomic mass is 9.82. The van der Waals surface area contributed by atoms with Crippen molar-refractivity contribution in [3.8, 4) is 6.07 Å². The molecule has 0 atom stereocenters. The molecule has 1 amide bonds. The van der Waals surface area contributed by atoms with Gasteiger partial charge in [0.2, 0.25) is 10.0 Å². The largest absolute Gasteiger partial charge is 0.334 e. The molecule has 6 nitrogen and oxygen atoms in total. The minimum absolute atomic E-state index is 0.187. The van der Waals surface area contributed by atoms with Gasteiger partial charge in [-0.25, -0.2) is 8.42 Å². The Kier molecular flexibility index (Phi) is 5.87. The van der Waals surface area contributed by atoms with Gasteiger partial charge in [-0.2, -0.15) is 9.57 Å². The van der Waals surface area contributed by atoms with Crippen molar-refractivity contribution in [3.05, 3.63) is 29.3 Å². The Morgan fingerprint density at radius 1 is 1.11 bits per heavy atom. The summed E-state index contributed by atoms with van der Waals surface area (Å²) in [5.74, 6) is -0.381. The lowest BCUT2D eigenvalue weighted by Crippen LogP contribution is -2.48. The third-order valence-electron chi connectivity index (χ3n) is 5.66. The Bertz CT molecular complexity index is 846. The topological polar surface area (TPSA) is 90.3 Å².